The van der Waals surface area contributed by atoms with Crippen LogP contribution < -0.4 is 5.30 Å². The molecule has 0 bridgehead atoms. The molecule has 0 atom stereocenters. The van der Waals surface area contributed by atoms with E-state index < -0.39 is 0 Å². The van der Waals surface area contributed by atoms with Crippen LogP contribution in [0, 0.1) is 20.8 Å². The largest absolute Gasteiger partial charge is 0.508 e. The van der Waals surface area contributed by atoms with Crippen LogP contribution in [0.3, 0.4) is 0 Å². The standard InChI is InChI=1S/C16H15O3P/c1-9-10(2)14(8-15(20-19)11(9)3)16(18)12-4-6-13(17)7-5-12/h4-8,17H,1-3H3. The Labute approximate surface area is 119 Å². The highest BCUT2D eigenvalue weighted by molar-refractivity contribution is 7.34. The van der Waals surface area contributed by atoms with Crippen molar-refractivity contribution in [2.75, 3.05) is 0 Å². The Kier molecular flexibility index (Phi) is 4.01. The number of carbonyl (C=O) groups is 1. The number of hydrogen-bond donors (Lipinski definition) is 1. The molecule has 0 aromatic heterocycles. The Bertz CT molecular complexity index is 688. The van der Waals surface area contributed by atoms with Gasteiger partial charge in [-0.2, -0.15) is 0 Å². The predicted octanol–water partition coefficient (Wildman–Crippen LogP) is 3.47. The van der Waals surface area contributed by atoms with E-state index in [9.17, 15) is 14.5 Å². The fraction of sp³-hybridized carbons (Fsp3) is 0.188. The van der Waals surface area contributed by atoms with Crippen LogP contribution >= 0.6 is 8.46 Å². The van der Waals surface area contributed by atoms with Crippen LogP contribution in [0.1, 0.15) is 32.6 Å². The van der Waals surface area contributed by atoms with E-state index in [0.29, 0.717) is 16.4 Å². The number of phenols is 1. The van der Waals surface area contributed by atoms with Crippen LogP contribution in [0.4, 0.5) is 0 Å². The van der Waals surface area contributed by atoms with Crippen molar-refractivity contribution in [1.29, 1.82) is 0 Å². The van der Waals surface area contributed by atoms with Gasteiger partial charge in [-0.05, 0) is 67.8 Å². The molecule has 3 nitrogen and oxygen atoms in total. The lowest BCUT2D eigenvalue weighted by atomic mass is 9.93. The lowest BCUT2D eigenvalue weighted by Gasteiger charge is -2.12. The first-order chi connectivity index (χ1) is 9.45. The van der Waals surface area contributed by atoms with Crippen molar-refractivity contribution >= 4 is 19.5 Å². The predicted molar refractivity (Wildman–Crippen MR) is 79.4 cm³/mol. The van der Waals surface area contributed by atoms with Gasteiger partial charge in [0.1, 0.15) is 5.75 Å². The fourth-order valence-corrected chi connectivity index (χ4v) is 2.61. The van der Waals surface area contributed by atoms with Gasteiger partial charge >= 0.3 is 0 Å². The summed E-state index contributed by atoms with van der Waals surface area (Å²) in [4.78, 5) is 12.5. The summed E-state index contributed by atoms with van der Waals surface area (Å²) in [5.74, 6) is -0.00683. The van der Waals surface area contributed by atoms with Crippen molar-refractivity contribution < 1.29 is 14.5 Å². The second-order valence-electron chi connectivity index (χ2n) is 4.79. The van der Waals surface area contributed by atoms with Crippen molar-refractivity contribution in [3.8, 4) is 5.75 Å². The molecule has 1 N–H and O–H groups in total. The zero-order valence-electron chi connectivity index (χ0n) is 11.6. The van der Waals surface area contributed by atoms with E-state index in [1.807, 2.05) is 20.8 Å². The number of hydrogen-bond acceptors (Lipinski definition) is 3. The maximum absolute atomic E-state index is 12.5. The topological polar surface area (TPSA) is 54.4 Å². The van der Waals surface area contributed by atoms with Gasteiger partial charge in [-0.15, -0.1) is 0 Å². The molecule has 0 aliphatic heterocycles. The Morgan fingerprint density at radius 3 is 2.15 bits per heavy atom. The van der Waals surface area contributed by atoms with Crippen LogP contribution in [-0.4, -0.2) is 10.9 Å². The van der Waals surface area contributed by atoms with E-state index >= 15 is 0 Å². The Hall–Kier alpha value is -1.99. The summed E-state index contributed by atoms with van der Waals surface area (Å²) in [6, 6.07) is 7.82. The van der Waals surface area contributed by atoms with E-state index in [2.05, 4.69) is 0 Å². The molecule has 0 aliphatic rings. The molecule has 20 heavy (non-hydrogen) atoms. The van der Waals surface area contributed by atoms with Crippen LogP contribution in [0.5, 0.6) is 5.75 Å². The minimum absolute atomic E-state index is 0.0853. The lowest BCUT2D eigenvalue weighted by molar-refractivity contribution is 0.103. The maximum Gasteiger partial charge on any atom is 0.193 e. The average Bonchev–Trinajstić information content (AvgIpc) is 2.45. The Morgan fingerprint density at radius 2 is 1.60 bits per heavy atom. The van der Waals surface area contributed by atoms with Gasteiger partial charge in [-0.25, -0.2) is 0 Å². The summed E-state index contributed by atoms with van der Waals surface area (Å²) in [7, 11) is -0.0853. The summed E-state index contributed by atoms with van der Waals surface area (Å²) in [6.45, 7) is 5.71. The van der Waals surface area contributed by atoms with Gasteiger partial charge in [-0.1, -0.05) is 0 Å². The van der Waals surface area contributed by atoms with Gasteiger partial charge in [-0.3, -0.25) is 9.36 Å². The van der Waals surface area contributed by atoms with Crippen LogP contribution in [0.25, 0.3) is 0 Å². The van der Waals surface area contributed by atoms with Crippen molar-refractivity contribution in [1.82, 2.24) is 0 Å². The molecule has 0 radical (unpaired) electrons. The van der Waals surface area contributed by atoms with Crippen molar-refractivity contribution in [3.05, 3.63) is 58.1 Å². The van der Waals surface area contributed by atoms with Gasteiger partial charge < -0.3 is 5.11 Å². The van der Waals surface area contributed by atoms with Gasteiger partial charge in [0, 0.05) is 16.4 Å². The third-order valence-electron chi connectivity index (χ3n) is 3.67. The highest BCUT2D eigenvalue weighted by Gasteiger charge is 2.16. The highest BCUT2D eigenvalue weighted by atomic mass is 31.1. The smallest absolute Gasteiger partial charge is 0.193 e. The van der Waals surface area contributed by atoms with Crippen LogP contribution in [-0.2, 0) is 4.57 Å². The Balaban J connectivity index is 2.57. The third-order valence-corrected chi connectivity index (χ3v) is 4.33. The zero-order valence-corrected chi connectivity index (χ0v) is 12.5. The molecule has 0 amide bonds. The molecule has 2 rings (SSSR count). The number of aromatic hydroxyl groups is 1. The minimum Gasteiger partial charge on any atom is -0.508 e. The molecule has 0 spiro atoms. The minimum atomic E-state index is -0.129. The monoisotopic (exact) mass is 286 g/mol. The first-order valence-corrected chi connectivity index (χ1v) is 7.04. The normalized spacial score (nSPS) is 10.8. The number of ketones is 1. The molecular formula is C16H15O3P. The van der Waals surface area contributed by atoms with E-state index in [4.69, 9.17) is 0 Å². The molecule has 0 fully saturated rings. The van der Waals surface area contributed by atoms with E-state index in [1.54, 1.807) is 18.2 Å². The second-order valence-corrected chi connectivity index (χ2v) is 5.45. The quantitative estimate of drug-likeness (QED) is 0.694. The first-order valence-electron chi connectivity index (χ1n) is 6.23. The maximum atomic E-state index is 12.5. The molecule has 2 aromatic carbocycles. The second kappa shape index (κ2) is 5.56. The van der Waals surface area contributed by atoms with Gasteiger partial charge in [0.25, 0.3) is 0 Å². The van der Waals surface area contributed by atoms with Crippen LogP contribution in [0.15, 0.2) is 30.3 Å². The summed E-state index contributed by atoms with van der Waals surface area (Å²) in [6.07, 6.45) is 0. The number of phenolic OH excluding ortho intramolecular Hbond substituents is 1. The van der Waals surface area contributed by atoms with E-state index in [1.165, 1.54) is 12.1 Å². The molecule has 102 valence electrons. The highest BCUT2D eigenvalue weighted by Crippen LogP contribution is 2.22. The first kappa shape index (κ1) is 14.4. The van der Waals surface area contributed by atoms with Crippen molar-refractivity contribution in [3.63, 3.8) is 0 Å². The Morgan fingerprint density at radius 1 is 1.00 bits per heavy atom. The summed E-state index contributed by atoms with van der Waals surface area (Å²) in [5.41, 5.74) is 3.88. The molecule has 0 saturated heterocycles. The fourth-order valence-electron chi connectivity index (χ4n) is 2.13. The third kappa shape index (κ3) is 2.50. The SMILES string of the molecule is Cc1c(P=O)cc(C(=O)c2ccc(O)cc2)c(C)c1C. The number of carbonyl (C=O) groups excluding carboxylic acids is 1. The number of rotatable bonds is 3. The summed E-state index contributed by atoms with van der Waals surface area (Å²) >= 11 is 0. The van der Waals surface area contributed by atoms with Crippen molar-refractivity contribution in [2.24, 2.45) is 0 Å². The molecule has 0 aliphatic carbocycles. The van der Waals surface area contributed by atoms with E-state index in [-0.39, 0.29) is 20.0 Å². The van der Waals surface area contributed by atoms with Gasteiger partial charge in [0.05, 0.1) is 0 Å². The molecule has 0 heterocycles. The van der Waals surface area contributed by atoms with Crippen molar-refractivity contribution in [2.45, 2.75) is 20.8 Å². The molecule has 0 saturated carbocycles. The lowest BCUT2D eigenvalue weighted by Crippen LogP contribution is -2.12. The molecular weight excluding hydrogens is 271 g/mol. The average molecular weight is 286 g/mol. The van der Waals surface area contributed by atoms with E-state index in [0.717, 1.165) is 16.7 Å². The van der Waals surface area contributed by atoms with Gasteiger partial charge in [0.2, 0.25) is 0 Å². The molecule has 2 aromatic rings. The van der Waals surface area contributed by atoms with Crippen LogP contribution in [0.2, 0.25) is 0 Å². The summed E-state index contributed by atoms with van der Waals surface area (Å²) < 4.78 is 11.2. The molecule has 4 heteroatoms. The summed E-state index contributed by atoms with van der Waals surface area (Å²) in [5, 5.41) is 9.91. The number of benzene rings is 2. The molecule has 0 unspecified atom stereocenters. The zero-order chi connectivity index (χ0) is 14.9. The van der Waals surface area contributed by atoms with Gasteiger partial charge in [0.15, 0.2) is 14.2 Å².